The maximum atomic E-state index is 5.87. The molecule has 17 heavy (non-hydrogen) atoms. The van der Waals surface area contributed by atoms with Gasteiger partial charge in [-0.2, -0.15) is 0 Å². The molecule has 3 heteroatoms. The third-order valence-corrected chi connectivity index (χ3v) is 3.94. The van der Waals surface area contributed by atoms with Crippen LogP contribution in [0.1, 0.15) is 51.9 Å². The summed E-state index contributed by atoms with van der Waals surface area (Å²) in [5, 5.41) is 0. The number of unbranched alkanes of at least 4 members (excludes halogenated alkanes) is 4. The van der Waals surface area contributed by atoms with Gasteiger partial charge in [-0.3, -0.25) is 4.90 Å². The summed E-state index contributed by atoms with van der Waals surface area (Å²) in [6.07, 6.45) is 9.50. The minimum absolute atomic E-state index is 0.430. The Balaban J connectivity index is 2.18. The van der Waals surface area contributed by atoms with E-state index in [1.165, 1.54) is 45.1 Å². The van der Waals surface area contributed by atoms with Gasteiger partial charge < -0.3 is 10.5 Å². The SMILES string of the molecule is CCCCCCCN1CCC(OC)CC1CN. The van der Waals surface area contributed by atoms with Gasteiger partial charge in [-0.05, 0) is 25.8 Å². The van der Waals surface area contributed by atoms with Gasteiger partial charge in [0.05, 0.1) is 6.10 Å². The highest BCUT2D eigenvalue weighted by Crippen LogP contribution is 2.19. The van der Waals surface area contributed by atoms with Crippen molar-refractivity contribution in [3.05, 3.63) is 0 Å². The highest BCUT2D eigenvalue weighted by molar-refractivity contribution is 4.82. The second-order valence-corrected chi connectivity index (χ2v) is 5.22. The lowest BCUT2D eigenvalue weighted by Crippen LogP contribution is -2.48. The van der Waals surface area contributed by atoms with Gasteiger partial charge in [0, 0.05) is 26.2 Å². The lowest BCUT2D eigenvalue weighted by Gasteiger charge is -2.38. The predicted octanol–water partition coefficient (Wildman–Crippen LogP) is 2.39. The normalized spacial score (nSPS) is 26.3. The van der Waals surface area contributed by atoms with Crippen molar-refractivity contribution >= 4 is 0 Å². The van der Waals surface area contributed by atoms with Gasteiger partial charge in [-0.15, -0.1) is 0 Å². The van der Waals surface area contributed by atoms with Gasteiger partial charge in [-0.1, -0.05) is 32.6 Å². The van der Waals surface area contributed by atoms with Crippen LogP contribution < -0.4 is 5.73 Å². The zero-order chi connectivity index (χ0) is 12.5. The summed E-state index contributed by atoms with van der Waals surface area (Å²) in [7, 11) is 1.82. The van der Waals surface area contributed by atoms with Crippen molar-refractivity contribution in [1.82, 2.24) is 4.90 Å². The van der Waals surface area contributed by atoms with Crippen molar-refractivity contribution in [3.8, 4) is 0 Å². The van der Waals surface area contributed by atoms with Crippen molar-refractivity contribution in [2.75, 3.05) is 26.7 Å². The molecule has 0 aliphatic carbocycles. The number of rotatable bonds is 8. The van der Waals surface area contributed by atoms with E-state index in [2.05, 4.69) is 11.8 Å². The van der Waals surface area contributed by atoms with E-state index in [0.717, 1.165) is 19.5 Å². The van der Waals surface area contributed by atoms with Gasteiger partial charge in [-0.25, -0.2) is 0 Å². The molecule has 1 rings (SSSR count). The quantitative estimate of drug-likeness (QED) is 0.664. The Morgan fingerprint density at radius 2 is 2.00 bits per heavy atom. The van der Waals surface area contributed by atoms with Crippen LogP contribution in [0.15, 0.2) is 0 Å². The van der Waals surface area contributed by atoms with E-state index >= 15 is 0 Å². The second kappa shape index (κ2) is 8.90. The van der Waals surface area contributed by atoms with Gasteiger partial charge in [0.15, 0.2) is 0 Å². The van der Waals surface area contributed by atoms with Crippen LogP contribution in [-0.2, 0) is 4.74 Å². The number of nitrogens with zero attached hydrogens (tertiary/aromatic N) is 1. The molecule has 0 spiro atoms. The van der Waals surface area contributed by atoms with Crippen LogP contribution in [0.4, 0.5) is 0 Å². The fourth-order valence-electron chi connectivity index (χ4n) is 2.73. The lowest BCUT2D eigenvalue weighted by molar-refractivity contribution is 0.0128. The Morgan fingerprint density at radius 3 is 2.65 bits per heavy atom. The standard InChI is InChI=1S/C14H30N2O/c1-3-4-5-6-7-9-16-10-8-14(17-2)11-13(16)12-15/h13-14H,3-12,15H2,1-2H3. The molecule has 1 heterocycles. The Bertz CT molecular complexity index is 187. The number of methoxy groups -OCH3 is 1. The Kier molecular flexibility index (Phi) is 7.82. The molecule has 2 unspecified atom stereocenters. The summed E-state index contributed by atoms with van der Waals surface area (Å²) >= 11 is 0. The molecule has 1 aliphatic heterocycles. The topological polar surface area (TPSA) is 38.5 Å². The molecular weight excluding hydrogens is 212 g/mol. The molecular formula is C14H30N2O. The summed E-state index contributed by atoms with van der Waals surface area (Å²) in [6, 6.07) is 0.542. The van der Waals surface area contributed by atoms with Crippen LogP contribution in [0, 0.1) is 0 Å². The van der Waals surface area contributed by atoms with E-state index in [1.807, 2.05) is 7.11 Å². The van der Waals surface area contributed by atoms with Crippen LogP contribution in [0.3, 0.4) is 0 Å². The van der Waals surface area contributed by atoms with E-state index in [9.17, 15) is 0 Å². The average Bonchev–Trinajstić information content (AvgIpc) is 2.38. The molecule has 0 aromatic carbocycles. The molecule has 0 amide bonds. The highest BCUT2D eigenvalue weighted by Gasteiger charge is 2.26. The van der Waals surface area contributed by atoms with E-state index < -0.39 is 0 Å². The zero-order valence-corrected chi connectivity index (χ0v) is 11.7. The molecule has 0 aromatic heterocycles. The summed E-state index contributed by atoms with van der Waals surface area (Å²) in [5.41, 5.74) is 5.87. The number of hydrogen-bond acceptors (Lipinski definition) is 3. The summed E-state index contributed by atoms with van der Waals surface area (Å²) < 4.78 is 5.45. The van der Waals surface area contributed by atoms with Crippen molar-refractivity contribution in [3.63, 3.8) is 0 Å². The van der Waals surface area contributed by atoms with Crippen LogP contribution in [0.2, 0.25) is 0 Å². The predicted molar refractivity (Wildman–Crippen MR) is 73.2 cm³/mol. The highest BCUT2D eigenvalue weighted by atomic mass is 16.5. The Labute approximate surface area is 107 Å². The smallest absolute Gasteiger partial charge is 0.0599 e. The van der Waals surface area contributed by atoms with E-state index in [1.54, 1.807) is 0 Å². The number of hydrogen-bond donors (Lipinski definition) is 1. The first-order chi connectivity index (χ1) is 8.31. The third-order valence-electron chi connectivity index (χ3n) is 3.94. The molecule has 0 saturated carbocycles. The Morgan fingerprint density at radius 1 is 1.24 bits per heavy atom. The van der Waals surface area contributed by atoms with E-state index in [0.29, 0.717) is 12.1 Å². The number of piperidine rings is 1. The number of ether oxygens (including phenoxy) is 1. The first kappa shape index (κ1) is 14.9. The molecule has 1 fully saturated rings. The van der Waals surface area contributed by atoms with Crippen molar-refractivity contribution in [2.24, 2.45) is 5.73 Å². The fraction of sp³-hybridized carbons (Fsp3) is 1.00. The molecule has 3 nitrogen and oxygen atoms in total. The monoisotopic (exact) mass is 242 g/mol. The molecule has 0 radical (unpaired) electrons. The van der Waals surface area contributed by atoms with Crippen LogP contribution in [0.25, 0.3) is 0 Å². The van der Waals surface area contributed by atoms with Crippen molar-refractivity contribution in [1.29, 1.82) is 0 Å². The van der Waals surface area contributed by atoms with Gasteiger partial charge in [0.25, 0.3) is 0 Å². The first-order valence-corrected chi connectivity index (χ1v) is 7.28. The van der Waals surface area contributed by atoms with Crippen molar-refractivity contribution in [2.45, 2.75) is 64.0 Å². The maximum absolute atomic E-state index is 5.87. The summed E-state index contributed by atoms with van der Waals surface area (Å²) in [5.74, 6) is 0. The van der Waals surface area contributed by atoms with Crippen molar-refractivity contribution < 1.29 is 4.74 Å². The van der Waals surface area contributed by atoms with Gasteiger partial charge >= 0.3 is 0 Å². The molecule has 2 atom stereocenters. The lowest BCUT2D eigenvalue weighted by atomic mass is 9.98. The number of likely N-dealkylation sites (tertiary alicyclic amines) is 1. The summed E-state index contributed by atoms with van der Waals surface area (Å²) in [6.45, 7) is 5.42. The second-order valence-electron chi connectivity index (χ2n) is 5.22. The Hall–Kier alpha value is -0.120. The van der Waals surface area contributed by atoms with Gasteiger partial charge in [0.1, 0.15) is 0 Å². The van der Waals surface area contributed by atoms with E-state index in [4.69, 9.17) is 10.5 Å². The minimum atomic E-state index is 0.430. The minimum Gasteiger partial charge on any atom is -0.381 e. The molecule has 1 aliphatic rings. The van der Waals surface area contributed by atoms with Gasteiger partial charge in [0.2, 0.25) is 0 Å². The molecule has 2 N–H and O–H groups in total. The molecule has 0 bridgehead atoms. The summed E-state index contributed by atoms with van der Waals surface area (Å²) in [4.78, 5) is 2.57. The molecule has 1 saturated heterocycles. The van der Waals surface area contributed by atoms with E-state index in [-0.39, 0.29) is 0 Å². The van der Waals surface area contributed by atoms with Crippen LogP contribution >= 0.6 is 0 Å². The van der Waals surface area contributed by atoms with Crippen LogP contribution in [-0.4, -0.2) is 43.8 Å². The number of nitrogens with two attached hydrogens (primary N) is 1. The fourth-order valence-corrected chi connectivity index (χ4v) is 2.73. The third kappa shape index (κ3) is 5.36. The largest absolute Gasteiger partial charge is 0.381 e. The molecule has 102 valence electrons. The average molecular weight is 242 g/mol. The maximum Gasteiger partial charge on any atom is 0.0599 e. The first-order valence-electron chi connectivity index (χ1n) is 7.28. The zero-order valence-electron chi connectivity index (χ0n) is 11.7. The molecule has 0 aromatic rings. The van der Waals surface area contributed by atoms with Crippen LogP contribution in [0.5, 0.6) is 0 Å².